The Morgan fingerprint density at radius 3 is 2.75 bits per heavy atom. The minimum Gasteiger partial charge on any atom is -0.313 e. The Kier molecular flexibility index (Phi) is 4.14. The van der Waals surface area contributed by atoms with Crippen LogP contribution in [-0.4, -0.2) is 16.1 Å². The number of aromatic nitrogens is 2. The third kappa shape index (κ3) is 2.54. The fraction of sp³-hybridized carbons (Fsp3) is 0.267. The number of nitrogens with zero attached hydrogens (tertiary/aromatic N) is 4. The zero-order valence-corrected chi connectivity index (χ0v) is 11.5. The third-order valence-corrected chi connectivity index (χ3v) is 3.04. The highest BCUT2D eigenvalue weighted by Crippen LogP contribution is 2.20. The van der Waals surface area contributed by atoms with E-state index in [0.717, 1.165) is 23.4 Å². The molecule has 1 N–H and O–H groups in total. The molecule has 2 aromatic rings. The molecule has 0 unspecified atom stereocenters. The molecule has 0 radical (unpaired) electrons. The largest absolute Gasteiger partial charge is 0.313 e. The average molecular weight is 265 g/mol. The maximum Gasteiger partial charge on any atom is 0.177 e. The monoisotopic (exact) mass is 265 g/mol. The van der Waals surface area contributed by atoms with E-state index in [4.69, 9.17) is 5.26 Å². The van der Waals surface area contributed by atoms with Crippen molar-refractivity contribution in [2.45, 2.75) is 20.4 Å². The van der Waals surface area contributed by atoms with Gasteiger partial charge < -0.3 is 5.32 Å². The molecule has 20 heavy (non-hydrogen) atoms. The van der Waals surface area contributed by atoms with Crippen molar-refractivity contribution in [2.75, 3.05) is 6.54 Å². The van der Waals surface area contributed by atoms with Gasteiger partial charge in [0.05, 0.1) is 5.69 Å². The number of benzene rings is 1. The summed E-state index contributed by atoms with van der Waals surface area (Å²) in [5.41, 5.74) is 3.53. The van der Waals surface area contributed by atoms with Crippen LogP contribution in [0.25, 0.3) is 5.69 Å². The highest BCUT2D eigenvalue weighted by molar-refractivity contribution is 5.49. The molecule has 5 heteroatoms. The van der Waals surface area contributed by atoms with E-state index in [0.29, 0.717) is 6.54 Å². The minimum atomic E-state index is 0.155. The molecule has 1 aromatic carbocycles. The molecule has 0 amide bonds. The van der Waals surface area contributed by atoms with Crippen molar-refractivity contribution in [1.82, 2.24) is 14.9 Å². The van der Waals surface area contributed by atoms with Gasteiger partial charge in [0.1, 0.15) is 18.5 Å². The van der Waals surface area contributed by atoms with Gasteiger partial charge in [-0.25, -0.2) is 4.98 Å². The van der Waals surface area contributed by atoms with Crippen LogP contribution in [0.1, 0.15) is 29.4 Å². The fourth-order valence-electron chi connectivity index (χ4n) is 2.07. The standard InChI is InChI=1S/C15H15N5/c1-3-18-9-12-6-11(2)4-5-14(12)20-10-19-13(7-16)15(20)8-17/h4-6,10,18H,3,9H2,1-2H3. The molecule has 0 spiro atoms. The van der Waals surface area contributed by atoms with Crippen LogP contribution in [-0.2, 0) is 6.54 Å². The highest BCUT2D eigenvalue weighted by atomic mass is 15.1. The van der Waals surface area contributed by atoms with Gasteiger partial charge in [0.15, 0.2) is 11.4 Å². The molecule has 1 heterocycles. The number of hydrogen-bond acceptors (Lipinski definition) is 4. The smallest absolute Gasteiger partial charge is 0.177 e. The van der Waals surface area contributed by atoms with Crippen molar-refractivity contribution >= 4 is 0 Å². The molecule has 0 atom stereocenters. The summed E-state index contributed by atoms with van der Waals surface area (Å²) in [4.78, 5) is 3.98. The summed E-state index contributed by atoms with van der Waals surface area (Å²) in [6, 6.07) is 10.00. The molecule has 0 fully saturated rings. The van der Waals surface area contributed by atoms with Crippen LogP contribution in [0.5, 0.6) is 0 Å². The van der Waals surface area contributed by atoms with Crippen molar-refractivity contribution in [3.63, 3.8) is 0 Å². The van der Waals surface area contributed by atoms with Crippen molar-refractivity contribution in [1.29, 1.82) is 10.5 Å². The first-order valence-electron chi connectivity index (χ1n) is 6.39. The Labute approximate surface area is 118 Å². The van der Waals surface area contributed by atoms with Crippen molar-refractivity contribution < 1.29 is 0 Å². The molecule has 100 valence electrons. The Morgan fingerprint density at radius 2 is 2.10 bits per heavy atom. The second-order valence-corrected chi connectivity index (χ2v) is 4.45. The van der Waals surface area contributed by atoms with Gasteiger partial charge in [-0.1, -0.05) is 24.6 Å². The van der Waals surface area contributed by atoms with E-state index in [1.807, 2.05) is 38.1 Å². The highest BCUT2D eigenvalue weighted by Gasteiger charge is 2.14. The lowest BCUT2D eigenvalue weighted by atomic mass is 10.1. The van der Waals surface area contributed by atoms with E-state index in [-0.39, 0.29) is 11.4 Å². The van der Waals surface area contributed by atoms with E-state index in [9.17, 15) is 5.26 Å². The van der Waals surface area contributed by atoms with E-state index in [2.05, 4.69) is 16.4 Å². The van der Waals surface area contributed by atoms with E-state index < -0.39 is 0 Å². The molecular weight excluding hydrogens is 250 g/mol. The summed E-state index contributed by atoms with van der Waals surface area (Å²) in [5, 5.41) is 21.5. The number of hydrogen-bond donors (Lipinski definition) is 1. The number of nitriles is 2. The molecular formula is C15H15N5. The predicted molar refractivity (Wildman–Crippen MR) is 75.1 cm³/mol. The predicted octanol–water partition coefficient (Wildman–Crippen LogP) is 2.03. The first-order chi connectivity index (χ1) is 9.71. The SMILES string of the molecule is CCNCc1cc(C)ccc1-n1cnc(C#N)c1C#N. The lowest BCUT2D eigenvalue weighted by Crippen LogP contribution is -2.14. The summed E-state index contributed by atoms with van der Waals surface area (Å²) in [6.45, 7) is 5.64. The van der Waals surface area contributed by atoms with Crippen molar-refractivity contribution in [3.8, 4) is 17.8 Å². The van der Waals surface area contributed by atoms with Crippen LogP contribution in [0.4, 0.5) is 0 Å². The Morgan fingerprint density at radius 1 is 1.30 bits per heavy atom. The Bertz CT molecular complexity index is 700. The topological polar surface area (TPSA) is 77.4 Å². The summed E-state index contributed by atoms with van der Waals surface area (Å²) in [6.07, 6.45) is 1.53. The average Bonchev–Trinajstić information content (AvgIpc) is 2.87. The second kappa shape index (κ2) is 6.01. The fourth-order valence-corrected chi connectivity index (χ4v) is 2.07. The molecule has 0 aliphatic rings. The zero-order chi connectivity index (χ0) is 14.5. The van der Waals surface area contributed by atoms with Crippen LogP contribution < -0.4 is 5.32 Å². The first kappa shape index (κ1) is 13.8. The molecule has 5 nitrogen and oxygen atoms in total. The lowest BCUT2D eigenvalue weighted by molar-refractivity contribution is 0.721. The number of aryl methyl sites for hydroxylation is 1. The van der Waals surface area contributed by atoms with Gasteiger partial charge in [-0.05, 0) is 25.1 Å². The maximum absolute atomic E-state index is 9.22. The Hall–Kier alpha value is -2.63. The molecule has 1 aromatic heterocycles. The second-order valence-electron chi connectivity index (χ2n) is 4.45. The normalized spacial score (nSPS) is 10.0. The quantitative estimate of drug-likeness (QED) is 0.917. The van der Waals surface area contributed by atoms with E-state index in [1.54, 1.807) is 4.57 Å². The van der Waals surface area contributed by atoms with Crippen molar-refractivity contribution in [2.24, 2.45) is 0 Å². The van der Waals surface area contributed by atoms with Crippen molar-refractivity contribution in [3.05, 3.63) is 47.0 Å². The number of imidazole rings is 1. The minimum absolute atomic E-state index is 0.155. The summed E-state index contributed by atoms with van der Waals surface area (Å²) in [5.74, 6) is 0. The molecule has 0 saturated carbocycles. The number of nitrogens with one attached hydrogen (secondary N) is 1. The van der Waals surface area contributed by atoms with Gasteiger partial charge in [0, 0.05) is 6.54 Å². The van der Waals surface area contributed by atoms with Gasteiger partial charge in [-0.15, -0.1) is 0 Å². The van der Waals surface area contributed by atoms with Gasteiger partial charge in [-0.2, -0.15) is 10.5 Å². The van der Waals surface area contributed by atoms with E-state index in [1.165, 1.54) is 6.33 Å². The summed E-state index contributed by atoms with van der Waals surface area (Å²) < 4.78 is 1.67. The first-order valence-corrected chi connectivity index (χ1v) is 6.39. The Balaban J connectivity index is 2.56. The van der Waals surface area contributed by atoms with Crippen LogP contribution in [0, 0.1) is 29.6 Å². The van der Waals surface area contributed by atoms with Crippen LogP contribution in [0.15, 0.2) is 24.5 Å². The summed E-state index contributed by atoms with van der Waals surface area (Å²) >= 11 is 0. The maximum atomic E-state index is 9.22. The third-order valence-electron chi connectivity index (χ3n) is 3.04. The van der Waals surface area contributed by atoms with Crippen LogP contribution in [0.3, 0.4) is 0 Å². The van der Waals surface area contributed by atoms with Gasteiger partial charge in [0.2, 0.25) is 0 Å². The summed E-state index contributed by atoms with van der Waals surface area (Å²) in [7, 11) is 0. The molecule has 0 aliphatic carbocycles. The molecule has 2 rings (SSSR count). The van der Waals surface area contributed by atoms with Gasteiger partial charge >= 0.3 is 0 Å². The molecule has 0 saturated heterocycles. The zero-order valence-electron chi connectivity index (χ0n) is 11.5. The van der Waals surface area contributed by atoms with E-state index >= 15 is 0 Å². The lowest BCUT2D eigenvalue weighted by Gasteiger charge is -2.12. The van der Waals surface area contributed by atoms with Gasteiger partial charge in [0.25, 0.3) is 0 Å². The molecule has 0 aliphatic heterocycles. The van der Waals surface area contributed by atoms with Crippen LogP contribution in [0.2, 0.25) is 0 Å². The van der Waals surface area contributed by atoms with Gasteiger partial charge in [-0.3, -0.25) is 4.57 Å². The van der Waals surface area contributed by atoms with Crippen LogP contribution >= 0.6 is 0 Å². The number of rotatable bonds is 4. The molecule has 0 bridgehead atoms.